The fourth-order valence-corrected chi connectivity index (χ4v) is 2.94. The summed E-state index contributed by atoms with van der Waals surface area (Å²) in [6, 6.07) is 6.14. The van der Waals surface area contributed by atoms with Crippen LogP contribution in [-0.4, -0.2) is 5.11 Å². The number of benzene rings is 1. The number of hydrogen-bond donors (Lipinski definition) is 1. The number of thiophene rings is 1. The Bertz CT molecular complexity index is 468. The Morgan fingerprint density at radius 2 is 2.07 bits per heavy atom. The van der Waals surface area contributed by atoms with Crippen molar-refractivity contribution in [3.05, 3.63) is 33.6 Å². The Morgan fingerprint density at radius 3 is 2.71 bits per heavy atom. The number of hydrogen-bond acceptors (Lipinski definition) is 2. The molecule has 0 spiro atoms. The Kier molecular flexibility index (Phi) is 2.41. The third-order valence-electron chi connectivity index (χ3n) is 2.19. The average molecular weight is 271 g/mol. The topological polar surface area (TPSA) is 20.2 Å². The van der Waals surface area contributed by atoms with Gasteiger partial charge in [0.05, 0.1) is 5.60 Å². The predicted molar refractivity (Wildman–Crippen MR) is 64.8 cm³/mol. The molecule has 0 unspecified atom stereocenters. The molecule has 0 atom stereocenters. The van der Waals surface area contributed by atoms with Gasteiger partial charge in [0.15, 0.2) is 0 Å². The lowest BCUT2D eigenvalue weighted by Gasteiger charge is -2.16. The van der Waals surface area contributed by atoms with Gasteiger partial charge in [0, 0.05) is 14.7 Å². The molecule has 0 amide bonds. The molecule has 0 saturated carbocycles. The molecule has 2 rings (SSSR count). The molecule has 0 aliphatic rings. The van der Waals surface area contributed by atoms with E-state index in [2.05, 4.69) is 28.1 Å². The summed E-state index contributed by atoms with van der Waals surface area (Å²) in [4.78, 5) is 0. The van der Waals surface area contributed by atoms with Gasteiger partial charge in [0.25, 0.3) is 0 Å². The van der Waals surface area contributed by atoms with E-state index >= 15 is 0 Å². The Hall–Kier alpha value is -0.380. The van der Waals surface area contributed by atoms with Crippen LogP contribution in [0, 0.1) is 0 Å². The maximum Gasteiger partial charge on any atom is 0.0854 e. The highest BCUT2D eigenvalue weighted by atomic mass is 79.9. The van der Waals surface area contributed by atoms with E-state index in [1.54, 1.807) is 11.3 Å². The number of aliphatic hydroxyl groups is 1. The van der Waals surface area contributed by atoms with Gasteiger partial charge in [-0.25, -0.2) is 0 Å². The van der Waals surface area contributed by atoms with Crippen LogP contribution in [-0.2, 0) is 5.60 Å². The lowest BCUT2D eigenvalue weighted by molar-refractivity contribution is 0.0806. The molecule has 0 radical (unpaired) electrons. The van der Waals surface area contributed by atoms with Crippen LogP contribution in [0.3, 0.4) is 0 Å². The van der Waals surface area contributed by atoms with Gasteiger partial charge >= 0.3 is 0 Å². The first-order valence-corrected chi connectivity index (χ1v) is 6.05. The molecule has 0 aliphatic carbocycles. The van der Waals surface area contributed by atoms with Crippen molar-refractivity contribution in [1.82, 2.24) is 0 Å². The highest BCUT2D eigenvalue weighted by molar-refractivity contribution is 9.10. The minimum Gasteiger partial charge on any atom is -0.386 e. The largest absolute Gasteiger partial charge is 0.386 e. The van der Waals surface area contributed by atoms with E-state index in [-0.39, 0.29) is 0 Å². The van der Waals surface area contributed by atoms with Crippen molar-refractivity contribution in [2.24, 2.45) is 0 Å². The molecule has 3 heteroatoms. The van der Waals surface area contributed by atoms with Crippen molar-refractivity contribution in [3.8, 4) is 0 Å². The van der Waals surface area contributed by atoms with Crippen molar-refractivity contribution >= 4 is 37.4 Å². The molecular weight excluding hydrogens is 260 g/mol. The zero-order valence-electron chi connectivity index (χ0n) is 8.04. The Labute approximate surface area is 95.5 Å². The molecule has 0 bridgehead atoms. The second kappa shape index (κ2) is 3.33. The minimum atomic E-state index is -0.765. The molecule has 0 aliphatic heterocycles. The summed E-state index contributed by atoms with van der Waals surface area (Å²) in [7, 11) is 0. The molecule has 74 valence electrons. The summed E-state index contributed by atoms with van der Waals surface area (Å²) in [5.74, 6) is 0. The Balaban J connectivity index is 2.73. The Morgan fingerprint density at radius 1 is 1.36 bits per heavy atom. The van der Waals surface area contributed by atoms with E-state index < -0.39 is 5.60 Å². The van der Waals surface area contributed by atoms with Crippen LogP contribution in [0.2, 0.25) is 0 Å². The average Bonchev–Trinajstić information content (AvgIpc) is 2.45. The third-order valence-corrected chi connectivity index (χ3v) is 3.65. The zero-order chi connectivity index (χ0) is 10.3. The summed E-state index contributed by atoms with van der Waals surface area (Å²) in [5.41, 5.74) is 0.234. The van der Waals surface area contributed by atoms with Crippen molar-refractivity contribution in [2.45, 2.75) is 19.4 Å². The van der Waals surface area contributed by atoms with E-state index in [0.29, 0.717) is 0 Å². The first-order chi connectivity index (χ1) is 6.48. The standard InChI is InChI=1S/C11H11BrOS/c1-11(2,13)9-6-14-10-4-3-7(12)5-8(9)10/h3-6,13H,1-2H3. The molecule has 1 aromatic carbocycles. The highest BCUT2D eigenvalue weighted by Crippen LogP contribution is 2.34. The summed E-state index contributed by atoms with van der Waals surface area (Å²) < 4.78 is 2.26. The van der Waals surface area contributed by atoms with Crippen LogP contribution in [0.15, 0.2) is 28.1 Å². The van der Waals surface area contributed by atoms with E-state index in [1.165, 1.54) is 4.70 Å². The fraction of sp³-hybridized carbons (Fsp3) is 0.273. The fourth-order valence-electron chi connectivity index (χ4n) is 1.48. The summed E-state index contributed by atoms with van der Waals surface area (Å²) >= 11 is 5.11. The van der Waals surface area contributed by atoms with Crippen molar-refractivity contribution in [2.75, 3.05) is 0 Å². The molecular formula is C11H11BrOS. The monoisotopic (exact) mass is 270 g/mol. The second-order valence-electron chi connectivity index (χ2n) is 3.85. The van der Waals surface area contributed by atoms with Crippen LogP contribution in [0.25, 0.3) is 10.1 Å². The molecule has 1 nitrogen and oxygen atoms in total. The summed E-state index contributed by atoms with van der Waals surface area (Å²) in [6.07, 6.45) is 0. The highest BCUT2D eigenvalue weighted by Gasteiger charge is 2.20. The van der Waals surface area contributed by atoms with E-state index in [1.807, 2.05) is 25.3 Å². The van der Waals surface area contributed by atoms with E-state index in [9.17, 15) is 5.11 Å². The smallest absolute Gasteiger partial charge is 0.0854 e. The van der Waals surface area contributed by atoms with E-state index in [4.69, 9.17) is 0 Å². The quantitative estimate of drug-likeness (QED) is 0.834. The lowest BCUT2D eigenvalue weighted by atomic mass is 9.98. The summed E-state index contributed by atoms with van der Waals surface area (Å²) in [6.45, 7) is 3.63. The SMILES string of the molecule is CC(C)(O)c1csc2ccc(Br)cc12. The molecule has 1 N–H and O–H groups in total. The van der Waals surface area contributed by atoms with Gasteiger partial charge in [-0.3, -0.25) is 0 Å². The van der Waals surface area contributed by atoms with Gasteiger partial charge in [-0.05, 0) is 42.8 Å². The first kappa shape index (κ1) is 10.1. The third kappa shape index (κ3) is 1.72. The minimum absolute atomic E-state index is 0.765. The zero-order valence-corrected chi connectivity index (χ0v) is 10.4. The van der Waals surface area contributed by atoms with Gasteiger partial charge in [-0.2, -0.15) is 0 Å². The predicted octanol–water partition coefficient (Wildman–Crippen LogP) is 3.89. The number of halogens is 1. The maximum absolute atomic E-state index is 9.96. The first-order valence-electron chi connectivity index (χ1n) is 4.38. The van der Waals surface area contributed by atoms with Crippen LogP contribution < -0.4 is 0 Å². The lowest BCUT2D eigenvalue weighted by Crippen LogP contribution is -2.14. The van der Waals surface area contributed by atoms with Gasteiger partial charge in [-0.1, -0.05) is 15.9 Å². The molecule has 2 aromatic rings. The maximum atomic E-state index is 9.96. The molecule has 1 aromatic heterocycles. The van der Waals surface area contributed by atoms with Crippen LogP contribution >= 0.6 is 27.3 Å². The van der Waals surface area contributed by atoms with Gasteiger partial charge < -0.3 is 5.11 Å². The van der Waals surface area contributed by atoms with Crippen molar-refractivity contribution < 1.29 is 5.11 Å². The number of rotatable bonds is 1. The van der Waals surface area contributed by atoms with Crippen molar-refractivity contribution in [3.63, 3.8) is 0 Å². The summed E-state index contributed by atoms with van der Waals surface area (Å²) in [5, 5.41) is 13.1. The van der Waals surface area contributed by atoms with Crippen LogP contribution in [0.4, 0.5) is 0 Å². The van der Waals surface area contributed by atoms with Gasteiger partial charge in [0.2, 0.25) is 0 Å². The van der Waals surface area contributed by atoms with E-state index in [0.717, 1.165) is 15.4 Å². The van der Waals surface area contributed by atoms with Crippen LogP contribution in [0.5, 0.6) is 0 Å². The molecule has 1 heterocycles. The second-order valence-corrected chi connectivity index (χ2v) is 5.68. The van der Waals surface area contributed by atoms with Crippen molar-refractivity contribution in [1.29, 1.82) is 0 Å². The van der Waals surface area contributed by atoms with Crippen LogP contribution in [0.1, 0.15) is 19.4 Å². The normalized spacial score (nSPS) is 12.3. The number of fused-ring (bicyclic) bond motifs is 1. The molecule has 14 heavy (non-hydrogen) atoms. The molecule has 0 saturated heterocycles. The molecule has 0 fully saturated rings. The van der Waals surface area contributed by atoms with Gasteiger partial charge in [0.1, 0.15) is 0 Å². The van der Waals surface area contributed by atoms with Gasteiger partial charge in [-0.15, -0.1) is 11.3 Å².